The van der Waals surface area contributed by atoms with Gasteiger partial charge in [-0.2, -0.15) is 0 Å². The van der Waals surface area contributed by atoms with Crippen molar-refractivity contribution in [1.29, 1.82) is 0 Å². The first-order valence-corrected chi connectivity index (χ1v) is 1.42. The van der Waals surface area contributed by atoms with E-state index in [2.05, 4.69) is 9.15 Å². The van der Waals surface area contributed by atoms with Crippen LogP contribution in [0.3, 0.4) is 0 Å². The largest absolute Gasteiger partial charge is 0.294 e. The van der Waals surface area contributed by atoms with Crippen molar-refractivity contribution in [3.8, 4) is 0 Å². The van der Waals surface area contributed by atoms with Gasteiger partial charge in [0, 0.05) is 0 Å². The van der Waals surface area contributed by atoms with Gasteiger partial charge in [-0.3, -0.25) is 13.9 Å². The standard InChI is InChI=1S/C3H2O3/c4-1-3-2-5-6-3/h1-2H. The molecule has 1 rings (SSSR count). The van der Waals surface area contributed by atoms with Crippen LogP contribution >= 0.6 is 0 Å². The van der Waals surface area contributed by atoms with Crippen molar-refractivity contribution in [2.75, 3.05) is 0 Å². The van der Waals surface area contributed by atoms with E-state index >= 15 is 0 Å². The number of hydrogen-bond acceptors (Lipinski definition) is 3. The van der Waals surface area contributed by atoms with Crippen LogP contribution in [0.2, 0.25) is 0 Å². The maximum Gasteiger partial charge on any atom is 0.257 e. The molecule has 3 heteroatoms. The molecule has 0 aliphatic carbocycles. The Labute approximate surface area is 33.5 Å². The van der Waals surface area contributed by atoms with E-state index in [4.69, 9.17) is 0 Å². The molecule has 6 heavy (non-hydrogen) atoms. The lowest BCUT2D eigenvalue weighted by molar-refractivity contribution is -0.00864. The molecule has 32 valence electrons. The van der Waals surface area contributed by atoms with Crippen molar-refractivity contribution in [3.63, 3.8) is 0 Å². The predicted molar refractivity (Wildman–Crippen MR) is 16.4 cm³/mol. The molecule has 0 amide bonds. The van der Waals surface area contributed by atoms with Crippen LogP contribution in [0.5, 0.6) is 0 Å². The average molecular weight is 86.0 g/mol. The molecule has 0 aliphatic heterocycles. The van der Waals surface area contributed by atoms with Gasteiger partial charge in [-0.25, -0.2) is 0 Å². The van der Waals surface area contributed by atoms with Gasteiger partial charge in [0.15, 0.2) is 12.5 Å². The first kappa shape index (κ1) is 3.21. The van der Waals surface area contributed by atoms with E-state index in [-0.39, 0.29) is 5.76 Å². The monoisotopic (exact) mass is 86.0 g/mol. The van der Waals surface area contributed by atoms with Gasteiger partial charge >= 0.3 is 0 Å². The Balaban J connectivity index is 2.74. The minimum atomic E-state index is 0.245. The van der Waals surface area contributed by atoms with Gasteiger partial charge in [-0.15, -0.1) is 0 Å². The second-order valence-electron chi connectivity index (χ2n) is 0.818. The number of hydrogen-bond donors (Lipinski definition) is 0. The second-order valence-corrected chi connectivity index (χ2v) is 0.818. The summed E-state index contributed by atoms with van der Waals surface area (Å²) in [5.74, 6) is 0.245. The molecular formula is C3H2O3. The lowest BCUT2D eigenvalue weighted by Gasteiger charge is -1.83. The Hall–Kier alpha value is -0.990. The summed E-state index contributed by atoms with van der Waals surface area (Å²) in [5, 5.41) is 0. The summed E-state index contributed by atoms with van der Waals surface area (Å²) in [6.45, 7) is 0. The molecule has 0 bridgehead atoms. The van der Waals surface area contributed by atoms with Crippen LogP contribution in [0.4, 0.5) is 0 Å². The highest BCUT2D eigenvalue weighted by Gasteiger charge is 1.92. The van der Waals surface area contributed by atoms with E-state index in [1.807, 2.05) is 0 Å². The number of carbonyl (C=O) groups is 1. The normalized spacial score (nSPS) is 8.67. The van der Waals surface area contributed by atoms with E-state index in [9.17, 15) is 4.79 Å². The van der Waals surface area contributed by atoms with Gasteiger partial charge in [0.05, 0.1) is 0 Å². The topological polar surface area (TPSA) is 43.4 Å². The molecule has 1 heterocycles. The van der Waals surface area contributed by atoms with Crippen LogP contribution in [-0.2, 0) is 0 Å². The first-order chi connectivity index (χ1) is 2.93. The van der Waals surface area contributed by atoms with Crippen LogP contribution < -0.4 is 0 Å². The molecule has 0 radical (unpaired) electrons. The highest BCUT2D eigenvalue weighted by atomic mass is 17.0. The van der Waals surface area contributed by atoms with Crippen molar-refractivity contribution < 1.29 is 13.9 Å². The van der Waals surface area contributed by atoms with Crippen molar-refractivity contribution in [3.05, 3.63) is 12.0 Å². The van der Waals surface area contributed by atoms with E-state index < -0.39 is 0 Å². The molecule has 1 aromatic rings. The van der Waals surface area contributed by atoms with Crippen molar-refractivity contribution in [1.82, 2.24) is 0 Å². The molecular weight excluding hydrogens is 84.0 g/mol. The zero-order valence-electron chi connectivity index (χ0n) is 2.88. The summed E-state index contributed by atoms with van der Waals surface area (Å²) in [5.41, 5.74) is 0. The highest BCUT2D eigenvalue weighted by Crippen LogP contribution is 1.94. The van der Waals surface area contributed by atoms with Crippen molar-refractivity contribution in [2.45, 2.75) is 0 Å². The van der Waals surface area contributed by atoms with Gasteiger partial charge in [0.25, 0.3) is 5.76 Å². The third-order valence-corrected chi connectivity index (χ3v) is 0.425. The van der Waals surface area contributed by atoms with Crippen LogP contribution in [0.25, 0.3) is 0 Å². The van der Waals surface area contributed by atoms with Gasteiger partial charge in [0.2, 0.25) is 0 Å². The molecule has 0 fully saturated rings. The summed E-state index contributed by atoms with van der Waals surface area (Å²) in [4.78, 5) is 9.51. The van der Waals surface area contributed by atoms with Crippen LogP contribution in [-0.4, -0.2) is 6.29 Å². The average Bonchev–Trinajstić information content (AvgIpc) is 1.31. The van der Waals surface area contributed by atoms with E-state index in [1.54, 1.807) is 0 Å². The van der Waals surface area contributed by atoms with Crippen LogP contribution in [0, 0.1) is 0 Å². The van der Waals surface area contributed by atoms with Gasteiger partial charge in [-0.05, 0) is 0 Å². The number of rotatable bonds is 1. The van der Waals surface area contributed by atoms with Gasteiger partial charge < -0.3 is 0 Å². The SMILES string of the molecule is O=Cc1coo1. The quantitative estimate of drug-likeness (QED) is 0.373. The molecule has 0 spiro atoms. The molecule has 0 unspecified atom stereocenters. The molecule has 0 saturated carbocycles. The molecule has 0 aromatic carbocycles. The summed E-state index contributed by atoms with van der Waals surface area (Å²) >= 11 is 0. The minimum absolute atomic E-state index is 0.245. The van der Waals surface area contributed by atoms with Gasteiger partial charge in [0.1, 0.15) is 0 Å². The predicted octanol–water partition coefficient (Wildman–Crippen LogP) is 0.685. The molecule has 3 nitrogen and oxygen atoms in total. The van der Waals surface area contributed by atoms with E-state index in [0.717, 1.165) is 0 Å². The Morgan fingerprint density at radius 3 is 2.50 bits per heavy atom. The maximum absolute atomic E-state index is 9.51. The molecule has 0 aliphatic rings. The molecule has 0 atom stereocenters. The first-order valence-electron chi connectivity index (χ1n) is 1.42. The highest BCUT2D eigenvalue weighted by molar-refractivity contribution is 5.69. The Morgan fingerprint density at radius 1 is 1.83 bits per heavy atom. The van der Waals surface area contributed by atoms with E-state index in [0.29, 0.717) is 6.29 Å². The third kappa shape index (κ3) is 0.247. The second kappa shape index (κ2) is 1.01. The van der Waals surface area contributed by atoms with Crippen LogP contribution in [0.1, 0.15) is 10.6 Å². The fourth-order valence-electron chi connectivity index (χ4n) is 0.151. The zero-order chi connectivity index (χ0) is 4.41. The Bertz CT molecular complexity index is 118. The van der Waals surface area contributed by atoms with Crippen molar-refractivity contribution >= 4 is 6.29 Å². The maximum atomic E-state index is 9.51. The van der Waals surface area contributed by atoms with E-state index in [1.165, 1.54) is 6.26 Å². The summed E-state index contributed by atoms with van der Waals surface area (Å²) in [6.07, 6.45) is 1.80. The summed E-state index contributed by atoms with van der Waals surface area (Å²) < 4.78 is 8.11. The molecule has 0 saturated heterocycles. The Kier molecular flexibility index (Phi) is 0.538. The van der Waals surface area contributed by atoms with Crippen LogP contribution in [0.15, 0.2) is 15.4 Å². The smallest absolute Gasteiger partial charge is 0.257 e. The summed E-state index contributed by atoms with van der Waals surface area (Å²) in [7, 11) is 0. The number of aldehydes is 1. The fourth-order valence-corrected chi connectivity index (χ4v) is 0.151. The fraction of sp³-hybridized carbons (Fsp3) is 0. The molecule has 1 aromatic heterocycles. The zero-order valence-corrected chi connectivity index (χ0v) is 2.88. The van der Waals surface area contributed by atoms with Crippen molar-refractivity contribution in [2.24, 2.45) is 0 Å². The van der Waals surface area contributed by atoms with Gasteiger partial charge in [-0.1, -0.05) is 0 Å². The lowest BCUT2D eigenvalue weighted by atomic mass is 10.6. The third-order valence-electron chi connectivity index (χ3n) is 0.425. The molecule has 0 N–H and O–H groups in total. The summed E-state index contributed by atoms with van der Waals surface area (Å²) in [6, 6.07) is 0. The minimum Gasteiger partial charge on any atom is -0.294 e. The lowest BCUT2D eigenvalue weighted by Crippen LogP contribution is -1.77. The number of carbonyl (C=O) groups excluding carboxylic acids is 1. The Morgan fingerprint density at radius 2 is 2.50 bits per heavy atom.